The number of carbonyl (C=O) groups is 1. The fourth-order valence-corrected chi connectivity index (χ4v) is 3.35. The van der Waals surface area contributed by atoms with Gasteiger partial charge in [-0.25, -0.2) is 9.97 Å². The highest BCUT2D eigenvalue weighted by Crippen LogP contribution is 2.22. The molecule has 2 rings (SSSR count). The van der Waals surface area contributed by atoms with E-state index in [9.17, 15) is 4.79 Å². The van der Waals surface area contributed by atoms with E-state index in [2.05, 4.69) is 15.3 Å². The van der Waals surface area contributed by atoms with Crippen molar-refractivity contribution in [2.24, 2.45) is 0 Å². The van der Waals surface area contributed by atoms with E-state index in [4.69, 9.17) is 11.6 Å². The summed E-state index contributed by atoms with van der Waals surface area (Å²) in [7, 11) is 0. The summed E-state index contributed by atoms with van der Waals surface area (Å²) >= 11 is 8.67. The van der Waals surface area contributed by atoms with Crippen molar-refractivity contribution in [1.82, 2.24) is 15.3 Å². The topological polar surface area (TPSA) is 54.9 Å². The van der Waals surface area contributed by atoms with Gasteiger partial charge in [0.25, 0.3) is 0 Å². The molecule has 1 amide bonds. The van der Waals surface area contributed by atoms with Crippen LogP contribution < -0.4 is 5.32 Å². The van der Waals surface area contributed by atoms with Crippen molar-refractivity contribution in [3.05, 3.63) is 32.7 Å². The molecule has 0 atom stereocenters. The molecule has 2 heterocycles. The Balaban J connectivity index is 1.97. The Hall–Kier alpha value is -0.980. The molecule has 0 fully saturated rings. The van der Waals surface area contributed by atoms with Gasteiger partial charge >= 0.3 is 0 Å². The molecule has 0 spiro atoms. The Morgan fingerprint density at radius 3 is 2.84 bits per heavy atom. The summed E-state index contributed by atoms with van der Waals surface area (Å²) in [5, 5.41) is 8.42. The van der Waals surface area contributed by atoms with E-state index in [1.54, 1.807) is 6.20 Å². The molecule has 7 heteroatoms. The predicted molar refractivity (Wildman–Crippen MR) is 78.7 cm³/mol. The fourth-order valence-electron chi connectivity index (χ4n) is 1.61. The van der Waals surface area contributed by atoms with Crippen molar-refractivity contribution in [2.45, 2.75) is 31.7 Å². The van der Waals surface area contributed by atoms with Crippen molar-refractivity contribution in [3.63, 3.8) is 0 Å². The number of rotatable bonds is 5. The number of halogens is 1. The number of nitrogens with zero attached hydrogens (tertiary/aromatic N) is 2. The standard InChI is InChI=1S/C12H14ClN3OS2/c1-12(2,11-14-3-4-18-11)16-9(17)5-10-15-8(6-13)7-19-10/h3-4,7H,5-6H2,1-2H3,(H,16,17). The second-order valence-electron chi connectivity index (χ2n) is 4.55. The largest absolute Gasteiger partial charge is 0.344 e. The summed E-state index contributed by atoms with van der Waals surface area (Å²) in [5.41, 5.74) is 0.353. The monoisotopic (exact) mass is 315 g/mol. The molecule has 4 nitrogen and oxygen atoms in total. The minimum atomic E-state index is -0.460. The molecule has 0 saturated carbocycles. The van der Waals surface area contributed by atoms with Crippen LogP contribution in [0.1, 0.15) is 29.6 Å². The van der Waals surface area contributed by atoms with Gasteiger partial charge in [-0.15, -0.1) is 34.3 Å². The van der Waals surface area contributed by atoms with E-state index < -0.39 is 5.54 Å². The van der Waals surface area contributed by atoms with Crippen LogP contribution in [0.4, 0.5) is 0 Å². The fraction of sp³-hybridized carbons (Fsp3) is 0.417. The van der Waals surface area contributed by atoms with Crippen LogP contribution >= 0.6 is 34.3 Å². The Morgan fingerprint density at radius 2 is 2.26 bits per heavy atom. The Morgan fingerprint density at radius 1 is 1.47 bits per heavy atom. The summed E-state index contributed by atoms with van der Waals surface area (Å²) in [6.07, 6.45) is 2.01. The van der Waals surface area contributed by atoms with Gasteiger partial charge in [0.2, 0.25) is 5.91 Å². The first kappa shape index (κ1) is 14.4. The van der Waals surface area contributed by atoms with E-state index in [0.29, 0.717) is 5.88 Å². The Bertz CT molecular complexity index is 551. The summed E-state index contributed by atoms with van der Waals surface area (Å²) in [5.74, 6) is 0.318. The quantitative estimate of drug-likeness (QED) is 0.863. The molecule has 0 unspecified atom stereocenters. The molecule has 0 aliphatic rings. The number of hydrogen-bond acceptors (Lipinski definition) is 5. The summed E-state index contributed by atoms with van der Waals surface area (Å²) in [4.78, 5) is 20.5. The van der Waals surface area contributed by atoms with E-state index >= 15 is 0 Å². The highest BCUT2D eigenvalue weighted by atomic mass is 35.5. The van der Waals surface area contributed by atoms with Crippen molar-refractivity contribution in [3.8, 4) is 0 Å². The number of nitrogens with one attached hydrogen (secondary N) is 1. The lowest BCUT2D eigenvalue weighted by molar-refractivity contribution is -0.122. The van der Waals surface area contributed by atoms with Gasteiger partial charge in [-0.2, -0.15) is 0 Å². The molecule has 0 aliphatic carbocycles. The smallest absolute Gasteiger partial charge is 0.227 e. The third-order valence-electron chi connectivity index (χ3n) is 2.47. The van der Waals surface area contributed by atoms with Crippen LogP contribution in [-0.4, -0.2) is 15.9 Å². The summed E-state index contributed by atoms with van der Waals surface area (Å²) in [6, 6.07) is 0. The molecule has 0 bridgehead atoms. The molecule has 2 aromatic heterocycles. The SMILES string of the molecule is CC(C)(NC(=O)Cc1nc(CCl)cs1)c1nccs1. The third-order valence-corrected chi connectivity index (χ3v) is 4.74. The number of aromatic nitrogens is 2. The van der Waals surface area contributed by atoms with Crippen LogP contribution in [-0.2, 0) is 22.6 Å². The molecule has 0 aliphatic heterocycles. The molecular formula is C12H14ClN3OS2. The minimum Gasteiger partial charge on any atom is -0.344 e. The lowest BCUT2D eigenvalue weighted by Gasteiger charge is -2.23. The first-order valence-electron chi connectivity index (χ1n) is 5.71. The van der Waals surface area contributed by atoms with Gasteiger partial charge in [0.05, 0.1) is 23.5 Å². The van der Waals surface area contributed by atoms with Gasteiger partial charge in [-0.1, -0.05) is 0 Å². The third kappa shape index (κ3) is 3.75. The zero-order valence-corrected chi connectivity index (χ0v) is 13.0. The zero-order valence-electron chi connectivity index (χ0n) is 10.6. The molecule has 0 radical (unpaired) electrons. The molecular weight excluding hydrogens is 302 g/mol. The van der Waals surface area contributed by atoms with Crippen LogP contribution in [0.2, 0.25) is 0 Å². The van der Waals surface area contributed by atoms with Crippen LogP contribution in [0.15, 0.2) is 17.0 Å². The average molecular weight is 316 g/mol. The molecule has 1 N–H and O–H groups in total. The van der Waals surface area contributed by atoms with Crippen molar-refractivity contribution >= 4 is 40.2 Å². The highest BCUT2D eigenvalue weighted by molar-refractivity contribution is 7.10. The minimum absolute atomic E-state index is 0.0596. The highest BCUT2D eigenvalue weighted by Gasteiger charge is 2.25. The second kappa shape index (κ2) is 5.98. The molecule has 102 valence electrons. The molecule has 0 aromatic carbocycles. The number of alkyl halides is 1. The molecule has 19 heavy (non-hydrogen) atoms. The van der Waals surface area contributed by atoms with E-state index in [-0.39, 0.29) is 12.3 Å². The maximum atomic E-state index is 12.0. The Labute approximate surface area is 124 Å². The second-order valence-corrected chi connectivity index (χ2v) is 6.66. The van der Waals surface area contributed by atoms with Gasteiger partial charge in [-0.05, 0) is 13.8 Å². The first-order chi connectivity index (χ1) is 9.01. The number of hydrogen-bond donors (Lipinski definition) is 1. The van der Waals surface area contributed by atoms with Gasteiger partial charge in [-0.3, -0.25) is 4.79 Å². The number of amides is 1. The van der Waals surface area contributed by atoms with Crippen molar-refractivity contribution < 1.29 is 4.79 Å². The number of carbonyl (C=O) groups excluding carboxylic acids is 1. The molecule has 2 aromatic rings. The van der Waals surface area contributed by atoms with E-state index in [0.717, 1.165) is 15.7 Å². The normalized spacial score (nSPS) is 11.5. The van der Waals surface area contributed by atoms with E-state index in [1.165, 1.54) is 22.7 Å². The first-order valence-corrected chi connectivity index (χ1v) is 8.01. The average Bonchev–Trinajstić information content (AvgIpc) is 2.98. The van der Waals surface area contributed by atoms with E-state index in [1.807, 2.05) is 24.6 Å². The summed E-state index contributed by atoms with van der Waals surface area (Å²) < 4.78 is 0. The van der Waals surface area contributed by atoms with Gasteiger partial charge in [0.1, 0.15) is 10.0 Å². The van der Waals surface area contributed by atoms with Crippen molar-refractivity contribution in [1.29, 1.82) is 0 Å². The number of thiazole rings is 2. The predicted octanol–water partition coefficient (Wildman–Crippen LogP) is 2.93. The Kier molecular flexibility index (Phi) is 4.54. The van der Waals surface area contributed by atoms with Crippen LogP contribution in [0, 0.1) is 0 Å². The zero-order chi connectivity index (χ0) is 13.9. The summed E-state index contributed by atoms with van der Waals surface area (Å²) in [6.45, 7) is 3.88. The lowest BCUT2D eigenvalue weighted by Crippen LogP contribution is -2.41. The molecule has 0 saturated heterocycles. The van der Waals surface area contributed by atoms with Crippen LogP contribution in [0.3, 0.4) is 0 Å². The van der Waals surface area contributed by atoms with Gasteiger partial charge in [0, 0.05) is 17.0 Å². The lowest BCUT2D eigenvalue weighted by atomic mass is 10.1. The van der Waals surface area contributed by atoms with Crippen LogP contribution in [0.25, 0.3) is 0 Å². The maximum Gasteiger partial charge on any atom is 0.227 e. The van der Waals surface area contributed by atoms with Gasteiger partial charge < -0.3 is 5.32 Å². The van der Waals surface area contributed by atoms with Crippen LogP contribution in [0.5, 0.6) is 0 Å². The van der Waals surface area contributed by atoms with Crippen molar-refractivity contribution in [2.75, 3.05) is 0 Å². The maximum absolute atomic E-state index is 12.0. The van der Waals surface area contributed by atoms with Gasteiger partial charge in [0.15, 0.2) is 0 Å².